The highest BCUT2D eigenvalue weighted by molar-refractivity contribution is 6.30. The van der Waals surface area contributed by atoms with Crippen LogP contribution in [-0.4, -0.2) is 28.9 Å². The predicted octanol–water partition coefficient (Wildman–Crippen LogP) is 2.02. The molecule has 0 saturated carbocycles. The fourth-order valence-corrected chi connectivity index (χ4v) is 1.50. The van der Waals surface area contributed by atoms with Gasteiger partial charge < -0.3 is 10.0 Å². The van der Waals surface area contributed by atoms with E-state index < -0.39 is 17.8 Å². The number of carbonyl (C=O) groups excluding carboxylic acids is 1. The van der Waals surface area contributed by atoms with E-state index in [2.05, 4.69) is 0 Å². The maximum Gasteiger partial charge on any atom is 0.315 e. The molecule has 0 radical (unpaired) electrons. The largest absolute Gasteiger partial charge is 0.481 e. The van der Waals surface area contributed by atoms with Crippen LogP contribution in [0.1, 0.15) is 12.5 Å². The standard InChI is InChI=1S/C12H14ClNO3/c1-8(12(16)17)11(15)14(2)7-9-3-5-10(13)6-4-9/h3-6,8H,7H2,1-2H3,(H,16,17). The Morgan fingerprint density at radius 3 is 2.35 bits per heavy atom. The zero-order chi connectivity index (χ0) is 13.0. The van der Waals surface area contributed by atoms with Crippen molar-refractivity contribution < 1.29 is 14.7 Å². The van der Waals surface area contributed by atoms with Gasteiger partial charge in [0.2, 0.25) is 5.91 Å². The summed E-state index contributed by atoms with van der Waals surface area (Å²) in [6.07, 6.45) is 0. The summed E-state index contributed by atoms with van der Waals surface area (Å²) >= 11 is 5.74. The molecule has 0 saturated heterocycles. The first-order chi connectivity index (χ1) is 7.91. The zero-order valence-corrected chi connectivity index (χ0v) is 10.4. The minimum atomic E-state index is -1.11. The number of carbonyl (C=O) groups is 2. The van der Waals surface area contributed by atoms with Crippen LogP contribution in [0.3, 0.4) is 0 Å². The topological polar surface area (TPSA) is 57.6 Å². The lowest BCUT2D eigenvalue weighted by Gasteiger charge is -2.19. The Hall–Kier alpha value is -1.55. The van der Waals surface area contributed by atoms with Gasteiger partial charge in [0.1, 0.15) is 5.92 Å². The third-order valence-electron chi connectivity index (χ3n) is 2.45. The first kappa shape index (κ1) is 13.5. The molecular weight excluding hydrogens is 242 g/mol. The number of carboxylic acid groups (broad SMARTS) is 1. The fourth-order valence-electron chi connectivity index (χ4n) is 1.38. The van der Waals surface area contributed by atoms with E-state index in [0.717, 1.165) is 5.56 Å². The molecule has 1 atom stereocenters. The van der Waals surface area contributed by atoms with Crippen LogP contribution >= 0.6 is 11.6 Å². The summed E-state index contributed by atoms with van der Waals surface area (Å²) in [5.41, 5.74) is 0.905. The molecule has 1 aromatic carbocycles. The smallest absolute Gasteiger partial charge is 0.315 e. The monoisotopic (exact) mass is 255 g/mol. The van der Waals surface area contributed by atoms with Crippen LogP contribution in [0.4, 0.5) is 0 Å². The van der Waals surface area contributed by atoms with Crippen LogP contribution < -0.4 is 0 Å². The number of rotatable bonds is 4. The van der Waals surface area contributed by atoms with E-state index in [1.54, 1.807) is 31.3 Å². The van der Waals surface area contributed by atoms with E-state index in [9.17, 15) is 9.59 Å². The zero-order valence-electron chi connectivity index (χ0n) is 9.68. The van der Waals surface area contributed by atoms with E-state index in [1.165, 1.54) is 11.8 Å². The maximum absolute atomic E-state index is 11.7. The lowest BCUT2D eigenvalue weighted by atomic mass is 10.1. The number of carboxylic acids is 1. The second-order valence-electron chi connectivity index (χ2n) is 3.88. The van der Waals surface area contributed by atoms with E-state index in [1.807, 2.05) is 0 Å². The summed E-state index contributed by atoms with van der Waals surface area (Å²) in [5.74, 6) is -2.54. The van der Waals surface area contributed by atoms with Gasteiger partial charge in [-0.25, -0.2) is 0 Å². The van der Waals surface area contributed by atoms with Gasteiger partial charge in [-0.15, -0.1) is 0 Å². The number of hydrogen-bond donors (Lipinski definition) is 1. The first-order valence-corrected chi connectivity index (χ1v) is 5.52. The minimum Gasteiger partial charge on any atom is -0.481 e. The predicted molar refractivity (Wildman–Crippen MR) is 64.7 cm³/mol. The number of hydrogen-bond acceptors (Lipinski definition) is 2. The van der Waals surface area contributed by atoms with Gasteiger partial charge in [-0.1, -0.05) is 23.7 Å². The Morgan fingerprint density at radius 2 is 1.88 bits per heavy atom. The maximum atomic E-state index is 11.7. The van der Waals surface area contributed by atoms with Crippen LogP contribution in [0.2, 0.25) is 5.02 Å². The van der Waals surface area contributed by atoms with Crippen LogP contribution in [0.25, 0.3) is 0 Å². The van der Waals surface area contributed by atoms with Crippen molar-refractivity contribution in [3.8, 4) is 0 Å². The van der Waals surface area contributed by atoms with Crippen LogP contribution in [0.15, 0.2) is 24.3 Å². The third kappa shape index (κ3) is 3.75. The molecule has 5 heteroatoms. The van der Waals surface area contributed by atoms with E-state index in [0.29, 0.717) is 11.6 Å². The van der Waals surface area contributed by atoms with Gasteiger partial charge in [-0.05, 0) is 24.6 Å². The number of benzene rings is 1. The molecule has 1 N–H and O–H groups in total. The van der Waals surface area contributed by atoms with Crippen molar-refractivity contribution in [1.82, 2.24) is 4.90 Å². The van der Waals surface area contributed by atoms with Gasteiger partial charge in [0.25, 0.3) is 0 Å². The number of nitrogens with zero attached hydrogens (tertiary/aromatic N) is 1. The van der Waals surface area contributed by atoms with Gasteiger partial charge in [0, 0.05) is 18.6 Å². The molecule has 1 aromatic rings. The van der Waals surface area contributed by atoms with Crippen molar-refractivity contribution in [2.45, 2.75) is 13.5 Å². The summed E-state index contributed by atoms with van der Waals surface area (Å²) in [6.45, 7) is 1.75. The third-order valence-corrected chi connectivity index (χ3v) is 2.70. The highest BCUT2D eigenvalue weighted by Crippen LogP contribution is 2.12. The summed E-state index contributed by atoms with van der Waals surface area (Å²) in [7, 11) is 1.58. The average molecular weight is 256 g/mol. The molecule has 0 heterocycles. The first-order valence-electron chi connectivity index (χ1n) is 5.14. The fraction of sp³-hybridized carbons (Fsp3) is 0.333. The van der Waals surface area contributed by atoms with Crippen molar-refractivity contribution >= 4 is 23.5 Å². The van der Waals surface area contributed by atoms with Gasteiger partial charge in [-0.3, -0.25) is 9.59 Å². The molecule has 1 amide bonds. The Morgan fingerprint density at radius 1 is 1.35 bits per heavy atom. The second kappa shape index (κ2) is 5.68. The highest BCUT2D eigenvalue weighted by Gasteiger charge is 2.23. The lowest BCUT2D eigenvalue weighted by molar-refractivity contribution is -0.149. The molecule has 4 nitrogen and oxygen atoms in total. The molecule has 0 bridgehead atoms. The molecule has 0 aromatic heterocycles. The Bertz CT molecular complexity index is 416. The molecule has 0 aliphatic carbocycles. The molecular formula is C12H14ClNO3. The van der Waals surface area contributed by atoms with Gasteiger partial charge in [-0.2, -0.15) is 0 Å². The summed E-state index contributed by atoms with van der Waals surface area (Å²) in [6, 6.07) is 7.07. The Kier molecular flexibility index (Phi) is 4.52. The number of aliphatic carboxylic acids is 1. The number of amides is 1. The molecule has 0 aliphatic heterocycles. The van der Waals surface area contributed by atoms with E-state index in [-0.39, 0.29) is 0 Å². The van der Waals surface area contributed by atoms with E-state index in [4.69, 9.17) is 16.7 Å². The SMILES string of the molecule is CC(C(=O)O)C(=O)N(C)Cc1ccc(Cl)cc1. The summed E-state index contributed by atoms with van der Waals surface area (Å²) in [4.78, 5) is 23.7. The van der Waals surface area contributed by atoms with Gasteiger partial charge in [0.15, 0.2) is 0 Å². The summed E-state index contributed by atoms with van der Waals surface area (Å²) in [5, 5.41) is 9.37. The molecule has 0 aliphatic rings. The van der Waals surface area contributed by atoms with Gasteiger partial charge in [0.05, 0.1) is 0 Å². The Labute approximate surface area is 105 Å². The van der Waals surface area contributed by atoms with Crippen molar-refractivity contribution in [3.05, 3.63) is 34.9 Å². The molecule has 92 valence electrons. The second-order valence-corrected chi connectivity index (χ2v) is 4.32. The normalized spacial score (nSPS) is 11.9. The van der Waals surface area contributed by atoms with Crippen molar-refractivity contribution in [2.75, 3.05) is 7.05 Å². The molecule has 17 heavy (non-hydrogen) atoms. The quantitative estimate of drug-likeness (QED) is 0.838. The van der Waals surface area contributed by atoms with Crippen LogP contribution in [0, 0.1) is 5.92 Å². The van der Waals surface area contributed by atoms with Gasteiger partial charge >= 0.3 is 5.97 Å². The van der Waals surface area contributed by atoms with E-state index >= 15 is 0 Å². The van der Waals surface area contributed by atoms with Crippen molar-refractivity contribution in [2.24, 2.45) is 5.92 Å². The van der Waals surface area contributed by atoms with Crippen molar-refractivity contribution in [1.29, 1.82) is 0 Å². The highest BCUT2D eigenvalue weighted by atomic mass is 35.5. The average Bonchev–Trinajstić information content (AvgIpc) is 2.30. The van der Waals surface area contributed by atoms with Crippen molar-refractivity contribution in [3.63, 3.8) is 0 Å². The molecule has 1 rings (SSSR count). The molecule has 0 spiro atoms. The Balaban J connectivity index is 2.66. The van der Waals surface area contributed by atoms with Crippen LogP contribution in [0.5, 0.6) is 0 Å². The molecule has 0 fully saturated rings. The lowest BCUT2D eigenvalue weighted by Crippen LogP contribution is -2.34. The number of halogens is 1. The van der Waals surface area contributed by atoms with Crippen LogP contribution in [-0.2, 0) is 16.1 Å². The summed E-state index contributed by atoms with van der Waals surface area (Å²) < 4.78 is 0. The minimum absolute atomic E-state index is 0.369. The molecule has 1 unspecified atom stereocenters.